The van der Waals surface area contributed by atoms with Crippen molar-refractivity contribution in [3.63, 3.8) is 0 Å². The number of thiazole rings is 1. The van der Waals surface area contributed by atoms with E-state index in [0.717, 1.165) is 28.2 Å². The van der Waals surface area contributed by atoms with Crippen LogP contribution in [0.2, 0.25) is 0 Å². The lowest BCUT2D eigenvalue weighted by Crippen LogP contribution is -2.27. The van der Waals surface area contributed by atoms with E-state index in [0.29, 0.717) is 18.2 Å². The Bertz CT molecular complexity index is 1090. The van der Waals surface area contributed by atoms with Crippen LogP contribution in [0.1, 0.15) is 44.6 Å². The smallest absolute Gasteiger partial charge is 0.261 e. The van der Waals surface area contributed by atoms with Crippen molar-refractivity contribution in [1.29, 1.82) is 0 Å². The summed E-state index contributed by atoms with van der Waals surface area (Å²) in [5, 5.41) is 3.54. The topological polar surface area (TPSA) is 71.1 Å². The summed E-state index contributed by atoms with van der Waals surface area (Å²) in [5.41, 5.74) is 4.12. The third-order valence-electron chi connectivity index (χ3n) is 6.11. The number of nitrogens with zero attached hydrogens (tertiary/aromatic N) is 1. The number of aromatic nitrogens is 1. The summed E-state index contributed by atoms with van der Waals surface area (Å²) in [6, 6.07) is 12.6. The molecule has 1 aromatic heterocycles. The minimum atomic E-state index is -3.66. The van der Waals surface area contributed by atoms with Crippen LogP contribution in [0.15, 0.2) is 52.9 Å². The van der Waals surface area contributed by atoms with Crippen LogP contribution in [0.4, 0.5) is 5.69 Å². The molecule has 0 saturated heterocycles. The van der Waals surface area contributed by atoms with Crippen molar-refractivity contribution in [2.45, 2.75) is 50.5 Å². The number of fused-ring (bicyclic) bond motifs is 1. The number of nitrogens with one attached hydrogen (secondary N) is 2. The van der Waals surface area contributed by atoms with Crippen LogP contribution in [0.25, 0.3) is 10.2 Å². The van der Waals surface area contributed by atoms with Gasteiger partial charge in [0.2, 0.25) is 0 Å². The molecule has 0 amide bonds. The zero-order chi connectivity index (χ0) is 21.0. The number of hydrogen-bond acceptors (Lipinski definition) is 5. The SMILES string of the molecule is CC(CNCc1ccccc1NS(=O)(=O)c1ccc2ncsc2c1)C1CCCCC1. The average Bonchev–Trinajstić information content (AvgIpc) is 3.23. The van der Waals surface area contributed by atoms with E-state index in [9.17, 15) is 8.42 Å². The molecule has 0 bridgehead atoms. The maximum atomic E-state index is 13.0. The molecule has 1 saturated carbocycles. The number of benzene rings is 2. The van der Waals surface area contributed by atoms with Gasteiger partial charge in [-0.05, 0) is 48.2 Å². The van der Waals surface area contributed by atoms with Gasteiger partial charge < -0.3 is 5.32 Å². The fraction of sp³-hybridized carbons (Fsp3) is 0.435. The maximum absolute atomic E-state index is 13.0. The lowest BCUT2D eigenvalue weighted by molar-refractivity contribution is 0.256. The van der Waals surface area contributed by atoms with Crippen molar-refractivity contribution in [2.75, 3.05) is 11.3 Å². The van der Waals surface area contributed by atoms with E-state index >= 15 is 0 Å². The van der Waals surface area contributed by atoms with Crippen molar-refractivity contribution in [3.8, 4) is 0 Å². The number of hydrogen-bond donors (Lipinski definition) is 2. The third-order valence-corrected chi connectivity index (χ3v) is 8.27. The van der Waals surface area contributed by atoms with Gasteiger partial charge >= 0.3 is 0 Å². The maximum Gasteiger partial charge on any atom is 0.261 e. The quantitative estimate of drug-likeness (QED) is 0.489. The van der Waals surface area contributed by atoms with Crippen LogP contribution in [0.3, 0.4) is 0 Å². The van der Waals surface area contributed by atoms with Gasteiger partial charge in [-0.1, -0.05) is 57.2 Å². The van der Waals surface area contributed by atoms with Gasteiger partial charge in [-0.15, -0.1) is 11.3 Å². The third kappa shape index (κ3) is 5.02. The Hall–Kier alpha value is -1.96. The Balaban J connectivity index is 1.42. The highest BCUT2D eigenvalue weighted by Crippen LogP contribution is 2.30. The molecule has 0 radical (unpaired) electrons. The highest BCUT2D eigenvalue weighted by Gasteiger charge is 2.20. The van der Waals surface area contributed by atoms with Crippen LogP contribution >= 0.6 is 11.3 Å². The largest absolute Gasteiger partial charge is 0.312 e. The summed E-state index contributed by atoms with van der Waals surface area (Å²) in [6.45, 7) is 3.92. The second-order valence-electron chi connectivity index (χ2n) is 8.25. The molecule has 1 atom stereocenters. The van der Waals surface area contributed by atoms with E-state index in [4.69, 9.17) is 0 Å². The molecule has 1 heterocycles. The first kappa shape index (κ1) is 21.3. The fourth-order valence-electron chi connectivity index (χ4n) is 4.28. The van der Waals surface area contributed by atoms with Gasteiger partial charge in [0.25, 0.3) is 10.0 Å². The fourth-order valence-corrected chi connectivity index (χ4v) is 6.20. The standard InChI is InChI=1S/C23H29N3O2S2/c1-17(18-7-3-2-4-8-18)14-24-15-19-9-5-6-10-21(19)26-30(27,28)20-11-12-22-23(13-20)29-16-25-22/h5-6,9-13,16-18,24,26H,2-4,7-8,14-15H2,1H3. The molecule has 1 unspecified atom stereocenters. The first-order chi connectivity index (χ1) is 14.5. The van der Waals surface area contributed by atoms with E-state index in [1.165, 1.54) is 43.4 Å². The summed E-state index contributed by atoms with van der Waals surface area (Å²) in [7, 11) is -3.66. The number of anilines is 1. The Kier molecular flexibility index (Phi) is 6.71. The van der Waals surface area contributed by atoms with E-state index in [-0.39, 0.29) is 4.90 Å². The number of para-hydroxylation sites is 1. The molecule has 4 rings (SSSR count). The van der Waals surface area contributed by atoms with Crippen molar-refractivity contribution in [2.24, 2.45) is 11.8 Å². The molecule has 1 aliphatic carbocycles. The second kappa shape index (κ2) is 9.45. The minimum absolute atomic E-state index is 0.257. The molecule has 0 spiro atoms. The van der Waals surface area contributed by atoms with Gasteiger partial charge in [0.15, 0.2) is 0 Å². The first-order valence-electron chi connectivity index (χ1n) is 10.7. The molecule has 1 aliphatic rings. The van der Waals surface area contributed by atoms with E-state index in [1.807, 2.05) is 24.3 Å². The lowest BCUT2D eigenvalue weighted by Gasteiger charge is -2.28. The van der Waals surface area contributed by atoms with Crippen LogP contribution in [0.5, 0.6) is 0 Å². The Morgan fingerprint density at radius 1 is 1.13 bits per heavy atom. The Labute approximate surface area is 183 Å². The number of sulfonamides is 1. The average molecular weight is 444 g/mol. The molecular formula is C23H29N3O2S2. The van der Waals surface area contributed by atoms with Crippen molar-refractivity contribution >= 4 is 37.3 Å². The summed E-state index contributed by atoms with van der Waals surface area (Å²) >= 11 is 1.44. The monoisotopic (exact) mass is 443 g/mol. The summed E-state index contributed by atoms with van der Waals surface area (Å²) in [4.78, 5) is 4.47. The summed E-state index contributed by atoms with van der Waals surface area (Å²) in [6.07, 6.45) is 6.76. The number of rotatable bonds is 8. The molecule has 1 fully saturated rings. The van der Waals surface area contributed by atoms with Crippen LogP contribution in [0, 0.1) is 11.8 Å². The van der Waals surface area contributed by atoms with Crippen molar-refractivity contribution in [3.05, 3.63) is 53.5 Å². The van der Waals surface area contributed by atoms with Gasteiger partial charge in [0.1, 0.15) is 0 Å². The predicted octanol–water partition coefficient (Wildman–Crippen LogP) is 5.40. The minimum Gasteiger partial charge on any atom is -0.312 e. The van der Waals surface area contributed by atoms with Crippen molar-refractivity contribution < 1.29 is 8.42 Å². The van der Waals surface area contributed by atoms with Crippen LogP contribution < -0.4 is 10.0 Å². The summed E-state index contributed by atoms with van der Waals surface area (Å²) in [5.74, 6) is 1.45. The first-order valence-corrected chi connectivity index (χ1v) is 13.0. The molecule has 2 aromatic carbocycles. The Morgan fingerprint density at radius 3 is 2.77 bits per heavy atom. The molecule has 7 heteroatoms. The van der Waals surface area contributed by atoms with E-state index in [1.54, 1.807) is 23.7 Å². The molecule has 160 valence electrons. The van der Waals surface area contributed by atoms with Crippen LogP contribution in [-0.4, -0.2) is 19.9 Å². The highest BCUT2D eigenvalue weighted by molar-refractivity contribution is 7.92. The Morgan fingerprint density at radius 2 is 1.93 bits per heavy atom. The molecule has 3 aromatic rings. The van der Waals surface area contributed by atoms with E-state index < -0.39 is 10.0 Å². The molecule has 5 nitrogen and oxygen atoms in total. The van der Waals surface area contributed by atoms with Crippen molar-refractivity contribution in [1.82, 2.24) is 10.3 Å². The van der Waals surface area contributed by atoms with Gasteiger partial charge in [-0.25, -0.2) is 13.4 Å². The normalized spacial score (nSPS) is 16.6. The molecule has 2 N–H and O–H groups in total. The molecule has 0 aliphatic heterocycles. The summed E-state index contributed by atoms with van der Waals surface area (Å²) < 4.78 is 29.6. The highest BCUT2D eigenvalue weighted by atomic mass is 32.2. The zero-order valence-corrected chi connectivity index (χ0v) is 18.9. The molecule has 30 heavy (non-hydrogen) atoms. The predicted molar refractivity (Wildman–Crippen MR) is 124 cm³/mol. The van der Waals surface area contributed by atoms with Gasteiger partial charge in [0.05, 0.1) is 26.3 Å². The lowest BCUT2D eigenvalue weighted by atomic mass is 9.81. The second-order valence-corrected chi connectivity index (χ2v) is 10.8. The van der Waals surface area contributed by atoms with E-state index in [2.05, 4.69) is 21.9 Å². The van der Waals surface area contributed by atoms with Gasteiger partial charge in [-0.3, -0.25) is 4.72 Å². The van der Waals surface area contributed by atoms with Crippen LogP contribution in [-0.2, 0) is 16.6 Å². The molecular weight excluding hydrogens is 414 g/mol. The van der Waals surface area contributed by atoms with Gasteiger partial charge in [-0.2, -0.15) is 0 Å². The van der Waals surface area contributed by atoms with Gasteiger partial charge in [0, 0.05) is 6.54 Å². The zero-order valence-electron chi connectivity index (χ0n) is 17.3.